The third-order valence-electron chi connectivity index (χ3n) is 4.52. The highest BCUT2D eigenvalue weighted by Crippen LogP contribution is 2.13. The molecule has 0 aliphatic rings. The number of amides is 3. The summed E-state index contributed by atoms with van der Waals surface area (Å²) in [5, 5.41) is 8.32. The summed E-state index contributed by atoms with van der Waals surface area (Å²) in [4.78, 5) is 26.3. The summed E-state index contributed by atoms with van der Waals surface area (Å²) in [7, 11) is 0. The molecule has 2 aromatic carbocycles. The molecule has 0 saturated heterocycles. The molecule has 3 amide bonds. The van der Waals surface area contributed by atoms with E-state index in [-0.39, 0.29) is 24.9 Å². The fraction of sp³-hybridized carbons (Fsp3) is 0.364. The maximum Gasteiger partial charge on any atom is 0.319 e. The Morgan fingerprint density at radius 2 is 1.66 bits per heavy atom. The van der Waals surface area contributed by atoms with E-state index in [9.17, 15) is 9.59 Å². The molecule has 0 aromatic heterocycles. The smallest absolute Gasteiger partial charge is 0.319 e. The normalized spacial score (nSPS) is 10.6. The van der Waals surface area contributed by atoms with Crippen LogP contribution in [0.15, 0.2) is 53.0 Å². The Morgan fingerprint density at radius 3 is 2.34 bits per heavy atom. The van der Waals surface area contributed by atoms with Crippen LogP contribution in [0.3, 0.4) is 0 Å². The summed E-state index contributed by atoms with van der Waals surface area (Å²) in [5.41, 5.74) is 3.01. The van der Waals surface area contributed by atoms with Gasteiger partial charge in [-0.25, -0.2) is 4.79 Å². The molecular weight excluding hydrogens is 432 g/mol. The molecule has 3 N–H and O–H groups in total. The third kappa shape index (κ3) is 8.66. The Kier molecular flexibility index (Phi) is 9.67. The van der Waals surface area contributed by atoms with Gasteiger partial charge in [-0.15, -0.1) is 0 Å². The van der Waals surface area contributed by atoms with Crippen molar-refractivity contribution in [1.29, 1.82) is 0 Å². The van der Waals surface area contributed by atoms with E-state index in [4.69, 9.17) is 0 Å². The summed E-state index contributed by atoms with van der Waals surface area (Å²) < 4.78 is 0.943. The van der Waals surface area contributed by atoms with Crippen LogP contribution in [0.5, 0.6) is 0 Å². The molecule has 0 spiro atoms. The predicted molar refractivity (Wildman–Crippen MR) is 121 cm³/mol. The van der Waals surface area contributed by atoms with Crippen molar-refractivity contribution in [2.24, 2.45) is 0 Å². The highest BCUT2D eigenvalue weighted by Gasteiger charge is 2.06. The summed E-state index contributed by atoms with van der Waals surface area (Å²) in [6.45, 7) is 8.00. The Bertz CT molecular complexity index is 792. The summed E-state index contributed by atoms with van der Waals surface area (Å²) in [6, 6.07) is 15.2. The van der Waals surface area contributed by atoms with Gasteiger partial charge in [0.05, 0.1) is 0 Å². The average Bonchev–Trinajstić information content (AvgIpc) is 2.72. The molecule has 0 aliphatic heterocycles. The molecule has 0 bridgehead atoms. The maximum absolute atomic E-state index is 12.1. The van der Waals surface area contributed by atoms with Gasteiger partial charge < -0.3 is 16.0 Å². The van der Waals surface area contributed by atoms with Crippen molar-refractivity contribution in [2.75, 3.05) is 25.0 Å². The van der Waals surface area contributed by atoms with E-state index in [0.717, 1.165) is 29.7 Å². The average molecular weight is 461 g/mol. The van der Waals surface area contributed by atoms with Crippen LogP contribution in [-0.2, 0) is 17.9 Å². The van der Waals surface area contributed by atoms with Crippen LogP contribution in [0.25, 0.3) is 0 Å². The molecule has 7 heteroatoms. The number of benzene rings is 2. The lowest BCUT2D eigenvalue weighted by Crippen LogP contribution is -2.33. The van der Waals surface area contributed by atoms with E-state index < -0.39 is 0 Å². The molecule has 0 aliphatic carbocycles. The topological polar surface area (TPSA) is 73.5 Å². The number of anilines is 1. The van der Waals surface area contributed by atoms with Crippen LogP contribution in [0.4, 0.5) is 10.5 Å². The zero-order valence-corrected chi connectivity index (χ0v) is 18.6. The standard InChI is InChI=1S/C22H29BrN4O2/c1-3-27(4-2)16-18-7-5-6-17(14-18)15-25-21(28)12-13-24-22(29)26-20-10-8-19(23)9-11-20/h5-11,14H,3-4,12-13,15-16H2,1-2H3,(H,25,28)(H2,24,26,29). The lowest BCUT2D eigenvalue weighted by molar-refractivity contribution is -0.121. The monoisotopic (exact) mass is 460 g/mol. The predicted octanol–water partition coefficient (Wildman–Crippen LogP) is 4.12. The molecule has 156 valence electrons. The Labute approximate surface area is 181 Å². The molecule has 0 atom stereocenters. The molecule has 2 rings (SSSR count). The van der Waals surface area contributed by atoms with Gasteiger partial charge >= 0.3 is 6.03 Å². The Morgan fingerprint density at radius 1 is 0.966 bits per heavy atom. The van der Waals surface area contributed by atoms with Gasteiger partial charge in [0, 0.05) is 36.2 Å². The maximum atomic E-state index is 12.1. The minimum Gasteiger partial charge on any atom is -0.352 e. The SMILES string of the molecule is CCN(CC)Cc1cccc(CNC(=O)CCNC(=O)Nc2ccc(Br)cc2)c1. The number of urea groups is 1. The van der Waals surface area contributed by atoms with E-state index >= 15 is 0 Å². The Hall–Kier alpha value is -2.38. The van der Waals surface area contributed by atoms with Crippen molar-refractivity contribution in [2.45, 2.75) is 33.4 Å². The first-order valence-electron chi connectivity index (χ1n) is 9.87. The second kappa shape index (κ2) is 12.2. The third-order valence-corrected chi connectivity index (χ3v) is 5.05. The number of carbonyl (C=O) groups excluding carboxylic acids is 2. The number of nitrogens with zero attached hydrogens (tertiary/aromatic N) is 1. The minimum absolute atomic E-state index is 0.0944. The zero-order valence-electron chi connectivity index (χ0n) is 17.0. The van der Waals surface area contributed by atoms with Gasteiger partial charge in [-0.05, 0) is 48.5 Å². The van der Waals surface area contributed by atoms with Gasteiger partial charge in [0.15, 0.2) is 0 Å². The van der Waals surface area contributed by atoms with Crippen molar-refractivity contribution in [3.63, 3.8) is 0 Å². The van der Waals surface area contributed by atoms with Crippen LogP contribution in [0.1, 0.15) is 31.4 Å². The molecule has 0 radical (unpaired) electrons. The number of rotatable bonds is 10. The van der Waals surface area contributed by atoms with Crippen LogP contribution in [0.2, 0.25) is 0 Å². The molecule has 0 saturated carbocycles. The molecule has 0 unspecified atom stereocenters. The lowest BCUT2D eigenvalue weighted by Gasteiger charge is -2.18. The van der Waals surface area contributed by atoms with Gasteiger partial charge in [-0.2, -0.15) is 0 Å². The van der Waals surface area contributed by atoms with Crippen LogP contribution in [0, 0.1) is 0 Å². The Balaban J connectivity index is 1.69. The van der Waals surface area contributed by atoms with E-state index in [0.29, 0.717) is 12.2 Å². The highest BCUT2D eigenvalue weighted by molar-refractivity contribution is 9.10. The first kappa shape index (κ1) is 22.9. The van der Waals surface area contributed by atoms with Gasteiger partial charge in [0.1, 0.15) is 0 Å². The van der Waals surface area contributed by atoms with Gasteiger partial charge in [0.2, 0.25) is 5.91 Å². The first-order valence-corrected chi connectivity index (χ1v) is 10.7. The van der Waals surface area contributed by atoms with E-state index in [1.54, 1.807) is 12.1 Å². The molecule has 29 heavy (non-hydrogen) atoms. The number of nitrogens with one attached hydrogen (secondary N) is 3. The molecule has 0 fully saturated rings. The summed E-state index contributed by atoms with van der Waals surface area (Å²) in [5.74, 6) is -0.0944. The van der Waals surface area contributed by atoms with Crippen molar-refractivity contribution in [1.82, 2.24) is 15.5 Å². The fourth-order valence-corrected chi connectivity index (χ4v) is 3.09. The number of halogens is 1. The quantitative estimate of drug-likeness (QED) is 0.499. The zero-order chi connectivity index (χ0) is 21.1. The van der Waals surface area contributed by atoms with Crippen LogP contribution >= 0.6 is 15.9 Å². The van der Waals surface area contributed by atoms with Crippen LogP contribution in [-0.4, -0.2) is 36.5 Å². The second-order valence-electron chi connectivity index (χ2n) is 6.70. The number of hydrogen-bond donors (Lipinski definition) is 3. The fourth-order valence-electron chi connectivity index (χ4n) is 2.83. The summed E-state index contributed by atoms with van der Waals surface area (Å²) >= 11 is 3.35. The van der Waals surface area contributed by atoms with Crippen LogP contribution < -0.4 is 16.0 Å². The van der Waals surface area contributed by atoms with Crippen molar-refractivity contribution in [3.05, 3.63) is 64.1 Å². The van der Waals surface area contributed by atoms with Crippen molar-refractivity contribution < 1.29 is 9.59 Å². The minimum atomic E-state index is -0.329. The molecule has 0 heterocycles. The van der Waals surface area contributed by atoms with Crippen molar-refractivity contribution >= 4 is 33.6 Å². The first-order chi connectivity index (χ1) is 14.0. The second-order valence-corrected chi connectivity index (χ2v) is 7.61. The molecule has 2 aromatic rings. The van der Waals surface area contributed by atoms with Gasteiger partial charge in [-0.1, -0.05) is 54.0 Å². The van der Waals surface area contributed by atoms with Gasteiger partial charge in [-0.3, -0.25) is 9.69 Å². The van der Waals surface area contributed by atoms with Gasteiger partial charge in [0.25, 0.3) is 0 Å². The lowest BCUT2D eigenvalue weighted by atomic mass is 10.1. The highest BCUT2D eigenvalue weighted by atomic mass is 79.9. The van der Waals surface area contributed by atoms with E-state index in [2.05, 4.69) is 62.8 Å². The molecule has 6 nitrogen and oxygen atoms in total. The van der Waals surface area contributed by atoms with Crippen molar-refractivity contribution in [3.8, 4) is 0 Å². The summed E-state index contributed by atoms with van der Waals surface area (Å²) in [6.07, 6.45) is 0.229. The van der Waals surface area contributed by atoms with E-state index in [1.165, 1.54) is 5.56 Å². The largest absolute Gasteiger partial charge is 0.352 e. The number of carbonyl (C=O) groups is 2. The molecular formula is C22H29BrN4O2. The van der Waals surface area contributed by atoms with E-state index in [1.807, 2.05) is 24.3 Å². The number of hydrogen-bond acceptors (Lipinski definition) is 3.